The molecule has 8 heteroatoms. The van der Waals surface area contributed by atoms with Crippen LogP contribution >= 0.6 is 23.2 Å². The molecule has 6 nitrogen and oxygen atoms in total. The van der Waals surface area contributed by atoms with Gasteiger partial charge in [0.2, 0.25) is 11.9 Å². The number of nitrogens with one attached hydrogen (secondary N) is 2. The first kappa shape index (κ1) is 15.6. The lowest BCUT2D eigenvalue weighted by molar-refractivity contribution is 0.292. The number of anilines is 3. The molecule has 0 atom stereocenters. The van der Waals surface area contributed by atoms with Crippen LogP contribution in [0.15, 0.2) is 18.2 Å². The number of aromatic nitrogens is 3. The average Bonchev–Trinajstić information content (AvgIpc) is 2.43. The van der Waals surface area contributed by atoms with Crippen LogP contribution in [0.1, 0.15) is 13.3 Å². The highest BCUT2D eigenvalue weighted by molar-refractivity contribution is 6.35. The largest absolute Gasteiger partial charge is 0.463 e. The van der Waals surface area contributed by atoms with Crippen LogP contribution in [0.4, 0.5) is 17.6 Å². The minimum atomic E-state index is 0.256. The first-order valence-electron chi connectivity index (χ1n) is 6.40. The molecule has 0 saturated heterocycles. The van der Waals surface area contributed by atoms with Crippen molar-refractivity contribution in [2.24, 2.45) is 0 Å². The monoisotopic (exact) mass is 327 g/mol. The molecule has 0 aliphatic carbocycles. The summed E-state index contributed by atoms with van der Waals surface area (Å²) in [6, 6.07) is 5.36. The van der Waals surface area contributed by atoms with Crippen molar-refractivity contribution in [2.75, 3.05) is 24.3 Å². The SMILES string of the molecule is CCCOc1nc(NC)nc(Nc2cc(Cl)cc(Cl)c2)n1. The van der Waals surface area contributed by atoms with Crippen LogP contribution in [0.3, 0.4) is 0 Å². The summed E-state index contributed by atoms with van der Waals surface area (Å²) in [6.45, 7) is 2.54. The summed E-state index contributed by atoms with van der Waals surface area (Å²) in [7, 11) is 1.72. The smallest absolute Gasteiger partial charge is 0.323 e. The van der Waals surface area contributed by atoms with Crippen molar-refractivity contribution in [3.8, 4) is 6.01 Å². The molecule has 0 bridgehead atoms. The van der Waals surface area contributed by atoms with E-state index in [1.165, 1.54) is 0 Å². The fourth-order valence-corrected chi connectivity index (χ4v) is 2.06. The third kappa shape index (κ3) is 4.61. The molecule has 112 valence electrons. The molecule has 0 saturated carbocycles. The van der Waals surface area contributed by atoms with Gasteiger partial charge >= 0.3 is 6.01 Å². The van der Waals surface area contributed by atoms with E-state index in [1.807, 2.05) is 6.92 Å². The third-order valence-corrected chi connectivity index (χ3v) is 2.83. The number of benzene rings is 1. The fraction of sp³-hybridized carbons (Fsp3) is 0.308. The topological polar surface area (TPSA) is 72.0 Å². The van der Waals surface area contributed by atoms with Crippen LogP contribution < -0.4 is 15.4 Å². The highest BCUT2D eigenvalue weighted by Gasteiger charge is 2.08. The molecule has 2 N–H and O–H groups in total. The zero-order chi connectivity index (χ0) is 15.2. The number of ether oxygens (including phenoxy) is 1. The van der Waals surface area contributed by atoms with Crippen LogP contribution in [0.25, 0.3) is 0 Å². The van der Waals surface area contributed by atoms with Crippen molar-refractivity contribution in [1.82, 2.24) is 15.0 Å². The van der Waals surface area contributed by atoms with E-state index in [0.717, 1.165) is 6.42 Å². The summed E-state index contributed by atoms with van der Waals surface area (Å²) in [6.07, 6.45) is 0.868. The lowest BCUT2D eigenvalue weighted by Gasteiger charge is -2.09. The summed E-state index contributed by atoms with van der Waals surface area (Å²) >= 11 is 11.9. The lowest BCUT2D eigenvalue weighted by atomic mass is 10.3. The number of hydrogen-bond acceptors (Lipinski definition) is 6. The predicted molar refractivity (Wildman–Crippen MR) is 84.9 cm³/mol. The Morgan fingerprint density at radius 2 is 1.71 bits per heavy atom. The maximum Gasteiger partial charge on any atom is 0.323 e. The molecule has 1 aromatic carbocycles. The summed E-state index contributed by atoms with van der Waals surface area (Å²) < 4.78 is 5.43. The second kappa shape index (κ2) is 7.28. The average molecular weight is 328 g/mol. The van der Waals surface area contributed by atoms with Crippen molar-refractivity contribution in [2.45, 2.75) is 13.3 Å². The molecule has 1 aromatic heterocycles. The molecule has 2 rings (SSSR count). The van der Waals surface area contributed by atoms with E-state index in [-0.39, 0.29) is 6.01 Å². The molecule has 0 amide bonds. The Kier molecular flexibility index (Phi) is 5.41. The Balaban J connectivity index is 2.25. The van der Waals surface area contributed by atoms with Gasteiger partial charge in [-0.3, -0.25) is 0 Å². The molecule has 1 heterocycles. The molecule has 21 heavy (non-hydrogen) atoms. The van der Waals surface area contributed by atoms with E-state index < -0.39 is 0 Å². The van der Waals surface area contributed by atoms with Crippen LogP contribution in [-0.2, 0) is 0 Å². The normalized spacial score (nSPS) is 10.3. The first-order valence-corrected chi connectivity index (χ1v) is 7.16. The Labute approximate surface area is 132 Å². The minimum absolute atomic E-state index is 0.256. The number of hydrogen-bond donors (Lipinski definition) is 2. The van der Waals surface area contributed by atoms with Gasteiger partial charge in [0.25, 0.3) is 0 Å². The van der Waals surface area contributed by atoms with Crippen molar-refractivity contribution >= 4 is 40.8 Å². The second-order valence-electron chi connectivity index (χ2n) is 4.15. The van der Waals surface area contributed by atoms with Crippen molar-refractivity contribution in [3.05, 3.63) is 28.2 Å². The van der Waals surface area contributed by atoms with Crippen molar-refractivity contribution in [1.29, 1.82) is 0 Å². The van der Waals surface area contributed by atoms with Gasteiger partial charge in [-0.2, -0.15) is 15.0 Å². The standard InChI is InChI=1S/C13H15Cl2N5O/c1-3-4-21-13-19-11(16-2)18-12(20-13)17-10-6-8(14)5-9(15)7-10/h5-7H,3-4H2,1-2H3,(H2,16,17,18,19,20). The van der Waals surface area contributed by atoms with Gasteiger partial charge in [0.1, 0.15) is 0 Å². The maximum atomic E-state index is 5.96. The zero-order valence-electron chi connectivity index (χ0n) is 11.7. The highest BCUT2D eigenvalue weighted by atomic mass is 35.5. The highest BCUT2D eigenvalue weighted by Crippen LogP contribution is 2.24. The molecule has 0 unspecified atom stereocenters. The van der Waals surface area contributed by atoms with Crippen molar-refractivity contribution < 1.29 is 4.74 Å². The molecule has 2 aromatic rings. The summed E-state index contributed by atoms with van der Waals surface area (Å²) in [4.78, 5) is 12.5. The number of nitrogens with zero attached hydrogens (tertiary/aromatic N) is 3. The van der Waals surface area contributed by atoms with Gasteiger partial charge in [0, 0.05) is 22.8 Å². The molecule has 0 radical (unpaired) electrons. The minimum Gasteiger partial charge on any atom is -0.463 e. The predicted octanol–water partition coefficient (Wildman–Crippen LogP) is 3.75. The van der Waals surface area contributed by atoms with E-state index in [0.29, 0.717) is 34.2 Å². The lowest BCUT2D eigenvalue weighted by Crippen LogP contribution is -2.07. The van der Waals surface area contributed by atoms with Crippen LogP contribution in [0.5, 0.6) is 6.01 Å². The van der Waals surface area contributed by atoms with Gasteiger partial charge in [-0.15, -0.1) is 0 Å². The zero-order valence-corrected chi connectivity index (χ0v) is 13.2. The molecular weight excluding hydrogens is 313 g/mol. The van der Waals surface area contributed by atoms with Gasteiger partial charge in [0.05, 0.1) is 6.61 Å². The number of rotatable bonds is 6. The van der Waals surface area contributed by atoms with E-state index in [9.17, 15) is 0 Å². The van der Waals surface area contributed by atoms with Crippen molar-refractivity contribution in [3.63, 3.8) is 0 Å². The quantitative estimate of drug-likeness (QED) is 0.841. The summed E-state index contributed by atoms with van der Waals surface area (Å²) in [5, 5.41) is 6.93. The Hall–Kier alpha value is -1.79. The van der Waals surface area contributed by atoms with Crippen LogP contribution in [0, 0.1) is 0 Å². The first-order chi connectivity index (χ1) is 10.1. The molecule has 0 spiro atoms. The van der Waals surface area contributed by atoms with E-state index >= 15 is 0 Å². The summed E-state index contributed by atoms with van der Waals surface area (Å²) in [5.74, 6) is 0.755. The maximum absolute atomic E-state index is 5.96. The van der Waals surface area contributed by atoms with Gasteiger partial charge in [-0.1, -0.05) is 30.1 Å². The van der Waals surface area contributed by atoms with E-state index in [1.54, 1.807) is 25.2 Å². The third-order valence-electron chi connectivity index (χ3n) is 2.39. The van der Waals surface area contributed by atoms with Gasteiger partial charge < -0.3 is 15.4 Å². The summed E-state index contributed by atoms with van der Waals surface area (Å²) in [5.41, 5.74) is 0.683. The van der Waals surface area contributed by atoms with Gasteiger partial charge in [-0.05, 0) is 24.6 Å². The van der Waals surface area contributed by atoms with Crippen LogP contribution in [-0.4, -0.2) is 28.6 Å². The Bertz CT molecular complexity index is 603. The second-order valence-corrected chi connectivity index (χ2v) is 5.02. The number of halogens is 2. The van der Waals surface area contributed by atoms with E-state index in [2.05, 4.69) is 25.6 Å². The van der Waals surface area contributed by atoms with Gasteiger partial charge in [0.15, 0.2) is 0 Å². The Morgan fingerprint density at radius 1 is 1.05 bits per heavy atom. The Morgan fingerprint density at radius 3 is 2.33 bits per heavy atom. The van der Waals surface area contributed by atoms with Gasteiger partial charge in [-0.25, -0.2) is 0 Å². The molecule has 0 aliphatic heterocycles. The molecule has 0 fully saturated rings. The van der Waals surface area contributed by atoms with Crippen LogP contribution in [0.2, 0.25) is 10.0 Å². The van der Waals surface area contributed by atoms with E-state index in [4.69, 9.17) is 27.9 Å². The molecule has 0 aliphatic rings. The molecular formula is C13H15Cl2N5O. The fourth-order valence-electron chi connectivity index (χ4n) is 1.54.